The first-order chi connectivity index (χ1) is 14.2. The van der Waals surface area contributed by atoms with Crippen LogP contribution < -0.4 is 24.8 Å². The van der Waals surface area contributed by atoms with Crippen molar-refractivity contribution in [3.8, 4) is 17.2 Å². The number of methoxy groups -OCH3 is 1. The summed E-state index contributed by atoms with van der Waals surface area (Å²) in [6.07, 6.45) is 1.24. The summed E-state index contributed by atoms with van der Waals surface area (Å²) in [6.45, 7) is 0.923. The number of nitrogens with one attached hydrogen (secondary N) is 2. The van der Waals surface area contributed by atoms with Crippen molar-refractivity contribution >= 4 is 28.7 Å². The lowest BCUT2D eigenvalue weighted by Crippen LogP contribution is -2.15. The minimum atomic E-state index is -0.544. The van der Waals surface area contributed by atoms with E-state index in [1.807, 2.05) is 0 Å². The van der Waals surface area contributed by atoms with Gasteiger partial charge in [-0.1, -0.05) is 12.1 Å². The Labute approximate surface area is 165 Å². The number of anilines is 4. The van der Waals surface area contributed by atoms with Gasteiger partial charge in [0.15, 0.2) is 11.5 Å². The minimum absolute atomic E-state index is 0.0366. The number of benzene rings is 2. The van der Waals surface area contributed by atoms with Gasteiger partial charge in [-0.05, 0) is 24.3 Å². The first kappa shape index (κ1) is 18.3. The first-order valence-electron chi connectivity index (χ1n) is 8.72. The molecule has 0 unspecified atom stereocenters. The highest BCUT2D eigenvalue weighted by molar-refractivity contribution is 5.78. The molecule has 0 radical (unpaired) electrons. The molecule has 0 atom stereocenters. The lowest BCUT2D eigenvalue weighted by Gasteiger charge is -2.19. The molecule has 2 N–H and O–H groups in total. The molecule has 29 heavy (non-hydrogen) atoms. The van der Waals surface area contributed by atoms with E-state index in [9.17, 15) is 10.1 Å². The smallest absolute Gasteiger partial charge is 0.353 e. The normalized spacial score (nSPS) is 12.2. The van der Waals surface area contributed by atoms with Gasteiger partial charge in [0.25, 0.3) is 0 Å². The zero-order valence-electron chi connectivity index (χ0n) is 15.4. The van der Waals surface area contributed by atoms with Gasteiger partial charge in [-0.25, -0.2) is 9.97 Å². The van der Waals surface area contributed by atoms with Crippen LogP contribution in [0.1, 0.15) is 0 Å². The van der Waals surface area contributed by atoms with Gasteiger partial charge >= 0.3 is 5.69 Å². The molecule has 10 nitrogen and oxygen atoms in total. The summed E-state index contributed by atoms with van der Waals surface area (Å²) in [7, 11) is 1.52. The molecular weight excluding hydrogens is 378 g/mol. The number of nitro groups is 1. The molecule has 0 spiro atoms. The molecule has 148 valence electrons. The molecule has 10 heteroatoms. The zero-order valence-corrected chi connectivity index (χ0v) is 15.4. The molecule has 0 bridgehead atoms. The summed E-state index contributed by atoms with van der Waals surface area (Å²) in [5.74, 6) is 1.79. The molecule has 4 rings (SSSR count). The fourth-order valence-electron chi connectivity index (χ4n) is 2.87. The number of hydrogen-bond donors (Lipinski definition) is 2. The van der Waals surface area contributed by atoms with Crippen LogP contribution in [0.2, 0.25) is 0 Å². The number of rotatable bonds is 6. The maximum atomic E-state index is 11.8. The van der Waals surface area contributed by atoms with E-state index in [0.29, 0.717) is 41.8 Å². The standard InChI is InChI=1S/C19H17N5O5/c1-27-14-5-3-2-4-13(14)23-19-17(24(25)26)18(20-11-21-19)22-12-6-7-15-16(10-12)29-9-8-28-15/h2-7,10-11H,8-9H2,1H3,(H2,20,21,22,23). The van der Waals surface area contributed by atoms with Crippen molar-refractivity contribution in [3.05, 3.63) is 58.9 Å². The van der Waals surface area contributed by atoms with Crippen molar-refractivity contribution in [3.63, 3.8) is 0 Å². The highest BCUT2D eigenvalue weighted by atomic mass is 16.6. The highest BCUT2D eigenvalue weighted by Crippen LogP contribution is 2.37. The quantitative estimate of drug-likeness (QED) is 0.476. The molecule has 3 aromatic rings. The van der Waals surface area contributed by atoms with E-state index in [1.165, 1.54) is 13.4 Å². The number of aromatic nitrogens is 2. The number of nitrogens with zero attached hydrogens (tertiary/aromatic N) is 3. The summed E-state index contributed by atoms with van der Waals surface area (Å²) in [5, 5.41) is 17.7. The largest absolute Gasteiger partial charge is 0.495 e. The van der Waals surface area contributed by atoms with Gasteiger partial charge in [0.2, 0.25) is 11.6 Å². The van der Waals surface area contributed by atoms with Crippen LogP contribution in [0.25, 0.3) is 0 Å². The predicted octanol–water partition coefficient (Wildman–Crippen LogP) is 3.65. The van der Waals surface area contributed by atoms with Crippen molar-refractivity contribution < 1.29 is 19.1 Å². The van der Waals surface area contributed by atoms with E-state index in [-0.39, 0.29) is 17.3 Å². The maximum absolute atomic E-state index is 11.8. The van der Waals surface area contributed by atoms with Gasteiger partial charge in [-0.3, -0.25) is 10.1 Å². The SMILES string of the molecule is COc1ccccc1Nc1ncnc(Nc2ccc3c(c2)OCCO3)c1[N+](=O)[O-]. The molecule has 2 heterocycles. The van der Waals surface area contributed by atoms with Crippen LogP contribution in [0.15, 0.2) is 48.8 Å². The third-order valence-corrected chi connectivity index (χ3v) is 4.17. The summed E-state index contributed by atoms with van der Waals surface area (Å²) < 4.78 is 16.3. The van der Waals surface area contributed by atoms with Crippen molar-refractivity contribution in [2.24, 2.45) is 0 Å². The van der Waals surface area contributed by atoms with Crippen molar-refractivity contribution in [1.29, 1.82) is 0 Å². The van der Waals surface area contributed by atoms with Crippen LogP contribution in [-0.2, 0) is 0 Å². The van der Waals surface area contributed by atoms with Crippen LogP contribution in [0.3, 0.4) is 0 Å². The summed E-state index contributed by atoms with van der Waals surface area (Å²) >= 11 is 0. The molecule has 0 saturated heterocycles. The Morgan fingerprint density at radius 1 is 1.03 bits per heavy atom. The van der Waals surface area contributed by atoms with Gasteiger partial charge < -0.3 is 24.8 Å². The molecular formula is C19H17N5O5. The van der Waals surface area contributed by atoms with Gasteiger partial charge in [0.05, 0.1) is 17.7 Å². The second-order valence-electron chi connectivity index (χ2n) is 5.99. The molecule has 0 fully saturated rings. The molecule has 1 aliphatic heterocycles. The Morgan fingerprint density at radius 2 is 1.76 bits per heavy atom. The molecule has 1 aromatic heterocycles. The molecule has 1 aliphatic rings. The van der Waals surface area contributed by atoms with Crippen LogP contribution in [0, 0.1) is 10.1 Å². The number of fused-ring (bicyclic) bond motifs is 1. The van der Waals surface area contributed by atoms with Gasteiger partial charge in [0.1, 0.15) is 25.3 Å². The first-order valence-corrected chi connectivity index (χ1v) is 8.72. The van der Waals surface area contributed by atoms with E-state index in [2.05, 4.69) is 20.6 Å². The van der Waals surface area contributed by atoms with Gasteiger partial charge in [0, 0.05) is 11.8 Å². The fraction of sp³-hybridized carbons (Fsp3) is 0.158. The monoisotopic (exact) mass is 395 g/mol. The second-order valence-corrected chi connectivity index (χ2v) is 5.99. The number of para-hydroxylation sites is 2. The third kappa shape index (κ3) is 3.81. The molecule has 0 aliphatic carbocycles. The van der Waals surface area contributed by atoms with Crippen LogP contribution in [-0.4, -0.2) is 35.2 Å². The molecule has 0 amide bonds. The Kier molecular flexibility index (Phi) is 4.97. The summed E-state index contributed by atoms with van der Waals surface area (Å²) in [4.78, 5) is 19.3. The van der Waals surface area contributed by atoms with Crippen molar-refractivity contribution in [1.82, 2.24) is 9.97 Å². The summed E-state index contributed by atoms with van der Waals surface area (Å²) in [6, 6.07) is 12.2. The Bertz CT molecular complexity index is 1060. The Hall–Kier alpha value is -4.08. The topological polar surface area (TPSA) is 121 Å². The van der Waals surface area contributed by atoms with Crippen molar-refractivity contribution in [2.75, 3.05) is 31.0 Å². The fourth-order valence-corrected chi connectivity index (χ4v) is 2.87. The number of ether oxygens (including phenoxy) is 3. The molecule has 2 aromatic carbocycles. The average molecular weight is 395 g/mol. The molecule has 0 saturated carbocycles. The van der Waals surface area contributed by atoms with Crippen molar-refractivity contribution in [2.45, 2.75) is 0 Å². The highest BCUT2D eigenvalue weighted by Gasteiger charge is 2.24. The number of hydrogen-bond acceptors (Lipinski definition) is 9. The Morgan fingerprint density at radius 3 is 2.52 bits per heavy atom. The summed E-state index contributed by atoms with van der Waals surface area (Å²) in [5.41, 5.74) is 0.815. The maximum Gasteiger partial charge on any atom is 0.353 e. The third-order valence-electron chi connectivity index (χ3n) is 4.17. The predicted molar refractivity (Wildman–Crippen MR) is 106 cm³/mol. The van der Waals surface area contributed by atoms with Gasteiger partial charge in [-0.15, -0.1) is 0 Å². The van der Waals surface area contributed by atoms with E-state index >= 15 is 0 Å². The van der Waals surface area contributed by atoms with Crippen LogP contribution >= 0.6 is 0 Å². The second kappa shape index (κ2) is 7.89. The van der Waals surface area contributed by atoms with Gasteiger partial charge in [-0.2, -0.15) is 0 Å². The Balaban J connectivity index is 1.67. The average Bonchev–Trinajstić information content (AvgIpc) is 2.74. The van der Waals surface area contributed by atoms with Crippen LogP contribution in [0.5, 0.6) is 17.2 Å². The van der Waals surface area contributed by atoms with E-state index in [1.54, 1.807) is 42.5 Å². The van der Waals surface area contributed by atoms with Crippen LogP contribution in [0.4, 0.5) is 28.7 Å². The van der Waals surface area contributed by atoms with E-state index < -0.39 is 4.92 Å². The lowest BCUT2D eigenvalue weighted by atomic mass is 10.2. The van der Waals surface area contributed by atoms with E-state index in [4.69, 9.17) is 14.2 Å². The minimum Gasteiger partial charge on any atom is -0.495 e. The lowest BCUT2D eigenvalue weighted by molar-refractivity contribution is -0.383. The zero-order chi connectivity index (χ0) is 20.2. The van der Waals surface area contributed by atoms with E-state index in [0.717, 1.165) is 0 Å².